The Kier molecular flexibility index (Phi) is 7.42. The number of carbonyl (C=O) groups excluding carboxylic acids is 1. The highest BCUT2D eigenvalue weighted by Crippen LogP contribution is 2.34. The van der Waals surface area contributed by atoms with Gasteiger partial charge in [0.2, 0.25) is 21.9 Å². The maximum atomic E-state index is 12.8. The Bertz CT molecular complexity index is 1570. The number of aromatic nitrogens is 2. The van der Waals surface area contributed by atoms with Crippen molar-refractivity contribution in [3.63, 3.8) is 0 Å². The molecule has 38 heavy (non-hydrogen) atoms. The summed E-state index contributed by atoms with van der Waals surface area (Å²) < 4.78 is 39.4. The number of rotatable bonds is 8. The molecule has 14 heteroatoms. The van der Waals surface area contributed by atoms with Crippen LogP contribution in [0.15, 0.2) is 52.5 Å². The lowest BCUT2D eigenvalue weighted by Gasteiger charge is -2.17. The molecule has 1 aliphatic heterocycles. The summed E-state index contributed by atoms with van der Waals surface area (Å²) in [6.45, 7) is 2.07. The molecule has 0 bridgehead atoms. The number of amides is 1. The molecule has 0 radical (unpaired) electrons. The van der Waals surface area contributed by atoms with Gasteiger partial charge in [0.15, 0.2) is 17.3 Å². The molecule has 196 valence electrons. The number of hydrogen-bond acceptors (Lipinski definition) is 11. The Hall–Kier alpha value is -4.74. The predicted molar refractivity (Wildman–Crippen MR) is 138 cm³/mol. The molecule has 3 N–H and O–H groups in total. The van der Waals surface area contributed by atoms with Gasteiger partial charge in [0.1, 0.15) is 18.1 Å². The van der Waals surface area contributed by atoms with Gasteiger partial charge < -0.3 is 19.5 Å². The van der Waals surface area contributed by atoms with E-state index in [1.807, 2.05) is 6.07 Å². The first-order valence-corrected chi connectivity index (χ1v) is 12.7. The predicted octanol–water partition coefficient (Wildman–Crippen LogP) is 2.51. The molecule has 13 nitrogen and oxygen atoms in total. The second-order valence-corrected chi connectivity index (χ2v) is 9.34. The molecule has 0 saturated heterocycles. The molecule has 0 spiro atoms. The molecule has 4 rings (SSSR count). The van der Waals surface area contributed by atoms with Crippen molar-refractivity contribution in [2.75, 3.05) is 31.2 Å². The van der Waals surface area contributed by atoms with E-state index in [-0.39, 0.29) is 40.2 Å². The van der Waals surface area contributed by atoms with Crippen LogP contribution in [-0.2, 0) is 19.6 Å². The lowest BCUT2D eigenvalue weighted by Crippen LogP contribution is -2.23. The van der Waals surface area contributed by atoms with Crippen LogP contribution in [0.1, 0.15) is 18.9 Å². The second kappa shape index (κ2) is 10.7. The summed E-state index contributed by atoms with van der Waals surface area (Å²) in [6, 6.07) is 12.6. The van der Waals surface area contributed by atoms with Crippen molar-refractivity contribution in [1.82, 2.24) is 9.97 Å². The Labute approximate surface area is 218 Å². The van der Waals surface area contributed by atoms with Crippen LogP contribution in [0.2, 0.25) is 0 Å². The number of primary sulfonamides is 1. The minimum absolute atomic E-state index is 0.0320. The van der Waals surface area contributed by atoms with Crippen molar-refractivity contribution in [2.24, 2.45) is 10.2 Å². The summed E-state index contributed by atoms with van der Waals surface area (Å²) in [4.78, 5) is 21.6. The number of methoxy groups -OCH3 is 2. The van der Waals surface area contributed by atoms with Crippen molar-refractivity contribution < 1.29 is 27.4 Å². The van der Waals surface area contributed by atoms with E-state index in [1.165, 1.54) is 38.5 Å². The van der Waals surface area contributed by atoms with Gasteiger partial charge >= 0.3 is 0 Å². The maximum absolute atomic E-state index is 12.8. The number of nitrogens with zero attached hydrogens (tertiary/aromatic N) is 5. The number of nitrogens with two attached hydrogens (primary N) is 1. The fourth-order valence-corrected chi connectivity index (χ4v) is 4.15. The second-order valence-electron chi connectivity index (χ2n) is 7.78. The van der Waals surface area contributed by atoms with Gasteiger partial charge in [0, 0.05) is 17.3 Å². The van der Waals surface area contributed by atoms with E-state index in [2.05, 4.69) is 20.4 Å². The Balaban J connectivity index is 1.87. The quantitative estimate of drug-likeness (QED) is 0.433. The van der Waals surface area contributed by atoms with Crippen LogP contribution in [-0.4, -0.2) is 51.0 Å². The number of hydrogen-bond donors (Lipinski definition) is 2. The van der Waals surface area contributed by atoms with Crippen molar-refractivity contribution in [1.29, 1.82) is 5.26 Å². The number of nitriles is 1. The molecule has 0 unspecified atom stereocenters. The topological polar surface area (TPSA) is 182 Å². The average molecular weight is 538 g/mol. The monoisotopic (exact) mass is 537 g/mol. The Morgan fingerprint density at radius 3 is 2.42 bits per heavy atom. The number of sulfonamides is 1. The van der Waals surface area contributed by atoms with Gasteiger partial charge in [-0.15, -0.1) is 5.10 Å². The van der Waals surface area contributed by atoms with E-state index in [0.717, 1.165) is 5.01 Å². The van der Waals surface area contributed by atoms with E-state index in [4.69, 9.17) is 19.3 Å². The minimum atomic E-state index is -3.94. The van der Waals surface area contributed by atoms with E-state index in [0.29, 0.717) is 29.4 Å². The zero-order valence-electron chi connectivity index (χ0n) is 20.6. The van der Waals surface area contributed by atoms with E-state index < -0.39 is 15.9 Å². The molecule has 1 amide bonds. The van der Waals surface area contributed by atoms with Crippen LogP contribution in [0.5, 0.6) is 11.5 Å². The van der Waals surface area contributed by atoms with Gasteiger partial charge in [0.05, 0.1) is 31.4 Å². The highest BCUT2D eigenvalue weighted by atomic mass is 32.2. The van der Waals surface area contributed by atoms with Crippen molar-refractivity contribution >= 4 is 39.3 Å². The molecule has 1 aromatic heterocycles. The Morgan fingerprint density at radius 2 is 1.82 bits per heavy atom. The molecule has 2 heterocycles. The van der Waals surface area contributed by atoms with Crippen LogP contribution in [0.4, 0.5) is 17.5 Å². The van der Waals surface area contributed by atoms with E-state index in [9.17, 15) is 18.5 Å². The van der Waals surface area contributed by atoms with Gasteiger partial charge in [-0.3, -0.25) is 4.79 Å². The highest BCUT2D eigenvalue weighted by molar-refractivity contribution is 7.89. The zero-order valence-corrected chi connectivity index (χ0v) is 21.4. The standard InChI is InChI=1S/C24H23N7O6S/c1-4-37-20-12-21(32)31(30-20)23-17(13-25)22(14-5-8-16(9-6-14)38(26,33)34)28-24(29-23)27-15-7-10-18(35-2)19(11-15)36-3/h5-11H,4,12H2,1-3H3,(H2,26,33,34)(H,27,28,29). The lowest BCUT2D eigenvalue weighted by molar-refractivity contribution is -0.117. The summed E-state index contributed by atoms with van der Waals surface area (Å²) in [5.41, 5.74) is 0.990. The van der Waals surface area contributed by atoms with Gasteiger partial charge in [-0.2, -0.15) is 15.3 Å². The SMILES string of the molecule is CCOC1=NN(c2nc(Nc3ccc(OC)c(OC)c3)nc(-c3ccc(S(N)(=O)=O)cc3)c2C#N)C(=O)C1. The minimum Gasteiger partial charge on any atom is -0.493 e. The van der Waals surface area contributed by atoms with E-state index >= 15 is 0 Å². The molecular formula is C24H23N7O6S. The molecular weight excluding hydrogens is 514 g/mol. The Morgan fingerprint density at radius 1 is 1.11 bits per heavy atom. The first kappa shape index (κ1) is 26.3. The van der Waals surface area contributed by atoms with Crippen LogP contribution in [0.3, 0.4) is 0 Å². The van der Waals surface area contributed by atoms with Gasteiger partial charge in [-0.1, -0.05) is 12.1 Å². The van der Waals surface area contributed by atoms with Crippen molar-refractivity contribution in [3.05, 3.63) is 48.0 Å². The van der Waals surface area contributed by atoms with Gasteiger partial charge in [-0.05, 0) is 31.2 Å². The smallest absolute Gasteiger partial charge is 0.258 e. The summed E-state index contributed by atoms with van der Waals surface area (Å²) >= 11 is 0. The van der Waals surface area contributed by atoms with Crippen LogP contribution >= 0.6 is 0 Å². The zero-order chi connectivity index (χ0) is 27.4. The number of anilines is 3. The summed E-state index contributed by atoms with van der Waals surface area (Å²) in [5, 5.41) is 23.5. The van der Waals surface area contributed by atoms with Crippen LogP contribution < -0.4 is 24.9 Å². The van der Waals surface area contributed by atoms with Crippen LogP contribution in [0, 0.1) is 11.3 Å². The first-order valence-electron chi connectivity index (χ1n) is 11.2. The molecule has 0 fully saturated rings. The normalized spacial score (nSPS) is 13.1. The molecule has 3 aromatic rings. The highest BCUT2D eigenvalue weighted by Gasteiger charge is 2.31. The maximum Gasteiger partial charge on any atom is 0.258 e. The molecule has 0 atom stereocenters. The van der Waals surface area contributed by atoms with Crippen LogP contribution in [0.25, 0.3) is 11.3 Å². The fraction of sp³-hybridized carbons (Fsp3) is 0.208. The number of carbonyl (C=O) groups is 1. The lowest BCUT2D eigenvalue weighted by atomic mass is 10.1. The molecule has 0 aliphatic carbocycles. The average Bonchev–Trinajstić information content (AvgIpc) is 3.27. The van der Waals surface area contributed by atoms with Crippen molar-refractivity contribution in [3.8, 4) is 28.8 Å². The van der Waals surface area contributed by atoms with Gasteiger partial charge in [-0.25, -0.2) is 18.5 Å². The summed E-state index contributed by atoms with van der Waals surface area (Å²) in [5.74, 6) is 0.659. The number of nitrogens with one attached hydrogen (secondary N) is 1. The third-order valence-electron chi connectivity index (χ3n) is 5.36. The van der Waals surface area contributed by atoms with Crippen molar-refractivity contribution in [2.45, 2.75) is 18.2 Å². The third-order valence-corrected chi connectivity index (χ3v) is 6.29. The summed E-state index contributed by atoms with van der Waals surface area (Å²) in [7, 11) is -0.929. The third kappa shape index (κ3) is 5.33. The molecule has 2 aromatic carbocycles. The number of benzene rings is 2. The largest absolute Gasteiger partial charge is 0.493 e. The number of ether oxygens (including phenoxy) is 3. The number of hydrazone groups is 1. The van der Waals surface area contributed by atoms with E-state index in [1.54, 1.807) is 25.1 Å². The molecule has 0 saturated carbocycles. The molecule has 1 aliphatic rings. The first-order chi connectivity index (χ1) is 18.2. The summed E-state index contributed by atoms with van der Waals surface area (Å²) in [6.07, 6.45) is -0.0977. The van der Waals surface area contributed by atoms with Gasteiger partial charge in [0.25, 0.3) is 5.91 Å². The fourth-order valence-electron chi connectivity index (χ4n) is 3.63.